The molecule has 2 bridgehead atoms. The molecular formula is C24H29N5O2. The van der Waals surface area contributed by atoms with Gasteiger partial charge in [0.15, 0.2) is 0 Å². The van der Waals surface area contributed by atoms with Gasteiger partial charge >= 0.3 is 0 Å². The van der Waals surface area contributed by atoms with Crippen molar-refractivity contribution in [3.8, 4) is 5.88 Å². The monoisotopic (exact) mass is 419 g/mol. The van der Waals surface area contributed by atoms with E-state index in [1.165, 1.54) is 6.21 Å². The quantitative estimate of drug-likeness (QED) is 0.544. The maximum atomic E-state index is 7.93. The van der Waals surface area contributed by atoms with Crippen LogP contribution in [-0.4, -0.2) is 39.4 Å². The largest absolute Gasteiger partial charge is 0.498 e. The molecule has 1 aromatic carbocycles. The van der Waals surface area contributed by atoms with Gasteiger partial charge in [-0.3, -0.25) is 5.10 Å². The number of aryl methyl sites for hydroxylation is 2. The van der Waals surface area contributed by atoms with Crippen molar-refractivity contribution in [3.05, 3.63) is 46.5 Å². The molecule has 3 heterocycles. The van der Waals surface area contributed by atoms with E-state index in [0.29, 0.717) is 19.1 Å². The second-order valence-electron chi connectivity index (χ2n) is 8.15. The molecule has 0 radical (unpaired) electrons. The van der Waals surface area contributed by atoms with Crippen LogP contribution in [0.1, 0.15) is 49.2 Å². The zero-order valence-corrected chi connectivity index (χ0v) is 18.5. The topological polar surface area (TPSA) is 88.8 Å². The first kappa shape index (κ1) is 20.9. The Morgan fingerprint density at radius 2 is 2.06 bits per heavy atom. The SMILES string of the molecule is C/C1=C(\C=N)c2ccc3n[nH]c(c3c2)/C=C/c2c(C)nn(C)c2OCC(C)CCCO1. The van der Waals surface area contributed by atoms with Gasteiger partial charge in [0.2, 0.25) is 5.88 Å². The van der Waals surface area contributed by atoms with Crippen LogP contribution in [0.2, 0.25) is 0 Å². The molecule has 31 heavy (non-hydrogen) atoms. The van der Waals surface area contributed by atoms with Gasteiger partial charge in [-0.2, -0.15) is 10.2 Å². The van der Waals surface area contributed by atoms with Gasteiger partial charge in [0.25, 0.3) is 0 Å². The molecule has 0 saturated heterocycles. The Morgan fingerprint density at radius 1 is 1.23 bits per heavy atom. The van der Waals surface area contributed by atoms with Crippen LogP contribution >= 0.6 is 0 Å². The zero-order valence-electron chi connectivity index (χ0n) is 18.5. The van der Waals surface area contributed by atoms with Gasteiger partial charge < -0.3 is 14.9 Å². The molecule has 0 amide bonds. The predicted octanol–water partition coefficient (Wildman–Crippen LogP) is 4.98. The Labute approximate surface area is 182 Å². The highest BCUT2D eigenvalue weighted by atomic mass is 16.5. The summed E-state index contributed by atoms with van der Waals surface area (Å²) in [6.45, 7) is 7.34. The number of rotatable bonds is 1. The molecule has 162 valence electrons. The van der Waals surface area contributed by atoms with Crippen molar-refractivity contribution in [2.45, 2.75) is 33.6 Å². The molecule has 1 aliphatic heterocycles. The molecule has 0 spiro atoms. The average Bonchev–Trinajstić information content (AvgIpc) is 3.27. The van der Waals surface area contributed by atoms with Crippen LogP contribution in [-0.2, 0) is 11.8 Å². The minimum atomic E-state index is 0.389. The molecule has 2 aromatic heterocycles. The van der Waals surface area contributed by atoms with Crippen LogP contribution in [0.4, 0.5) is 0 Å². The lowest BCUT2D eigenvalue weighted by atomic mass is 10.0. The Balaban J connectivity index is 1.82. The Hall–Kier alpha value is -3.35. The van der Waals surface area contributed by atoms with Crippen molar-refractivity contribution in [1.29, 1.82) is 5.41 Å². The number of aromatic amines is 1. The van der Waals surface area contributed by atoms with Crippen molar-refractivity contribution in [2.75, 3.05) is 13.2 Å². The third kappa shape index (κ3) is 4.26. The van der Waals surface area contributed by atoms with Crippen molar-refractivity contribution in [1.82, 2.24) is 20.0 Å². The van der Waals surface area contributed by atoms with Crippen molar-refractivity contribution in [3.63, 3.8) is 0 Å². The molecule has 1 aliphatic rings. The van der Waals surface area contributed by atoms with Crippen LogP contribution in [0.5, 0.6) is 5.88 Å². The summed E-state index contributed by atoms with van der Waals surface area (Å²) < 4.78 is 14.0. The standard InChI is InChI=1S/C24H29N5O2/c1-15-6-5-11-30-17(3)21(13-25)18-7-9-22-20(12-18)23(27-26-22)10-8-19-16(2)28-29(4)24(19)31-14-15/h7-10,12-13,15,25H,5-6,11,14H2,1-4H3,(H,26,27)/b10-8+,21-17-,25-13?. The van der Waals surface area contributed by atoms with Gasteiger partial charge in [-0.05, 0) is 62.5 Å². The van der Waals surface area contributed by atoms with E-state index in [-0.39, 0.29) is 0 Å². The smallest absolute Gasteiger partial charge is 0.219 e. The van der Waals surface area contributed by atoms with Crippen LogP contribution in [0.3, 0.4) is 0 Å². The summed E-state index contributed by atoms with van der Waals surface area (Å²) in [5, 5.41) is 21.0. The third-order valence-corrected chi connectivity index (χ3v) is 5.71. The fourth-order valence-electron chi connectivity index (χ4n) is 3.94. The molecule has 2 N–H and O–H groups in total. The van der Waals surface area contributed by atoms with Gasteiger partial charge in [-0.25, -0.2) is 4.68 Å². The van der Waals surface area contributed by atoms with Crippen LogP contribution in [0.15, 0.2) is 24.0 Å². The van der Waals surface area contributed by atoms with E-state index in [1.807, 2.05) is 45.2 Å². The van der Waals surface area contributed by atoms with Gasteiger partial charge in [0, 0.05) is 24.2 Å². The minimum absolute atomic E-state index is 0.389. The first-order valence-corrected chi connectivity index (χ1v) is 10.6. The van der Waals surface area contributed by atoms with Crippen molar-refractivity contribution < 1.29 is 9.47 Å². The van der Waals surface area contributed by atoms with Crippen LogP contribution in [0, 0.1) is 18.3 Å². The van der Waals surface area contributed by atoms with Gasteiger partial charge in [-0.15, -0.1) is 0 Å². The highest BCUT2D eigenvalue weighted by Gasteiger charge is 2.15. The number of fused-ring (bicyclic) bond motifs is 2. The molecule has 4 rings (SSSR count). The molecule has 1 atom stereocenters. The van der Waals surface area contributed by atoms with E-state index in [9.17, 15) is 0 Å². The lowest BCUT2D eigenvalue weighted by molar-refractivity contribution is 0.188. The normalized spacial score (nSPS) is 21.2. The highest BCUT2D eigenvalue weighted by Crippen LogP contribution is 2.28. The average molecular weight is 420 g/mol. The molecule has 7 nitrogen and oxygen atoms in total. The number of allylic oxidation sites excluding steroid dienone is 2. The van der Waals surface area contributed by atoms with Gasteiger partial charge in [-0.1, -0.05) is 13.0 Å². The van der Waals surface area contributed by atoms with Crippen LogP contribution in [0.25, 0.3) is 28.6 Å². The van der Waals surface area contributed by atoms with E-state index in [2.05, 4.69) is 28.3 Å². The fourth-order valence-corrected chi connectivity index (χ4v) is 3.94. The molecule has 7 heteroatoms. The number of nitrogens with zero attached hydrogens (tertiary/aromatic N) is 3. The van der Waals surface area contributed by atoms with Gasteiger partial charge in [0.1, 0.15) is 5.76 Å². The third-order valence-electron chi connectivity index (χ3n) is 5.71. The number of benzene rings is 1. The molecule has 0 saturated carbocycles. The van der Waals surface area contributed by atoms with Crippen molar-refractivity contribution >= 4 is 34.8 Å². The number of ether oxygens (including phenoxy) is 2. The number of nitrogens with one attached hydrogen (secondary N) is 2. The van der Waals surface area contributed by atoms with E-state index in [1.54, 1.807) is 4.68 Å². The van der Waals surface area contributed by atoms with Crippen molar-refractivity contribution in [2.24, 2.45) is 13.0 Å². The predicted molar refractivity (Wildman–Crippen MR) is 124 cm³/mol. The number of hydrogen-bond acceptors (Lipinski definition) is 5. The summed E-state index contributed by atoms with van der Waals surface area (Å²) >= 11 is 0. The van der Waals surface area contributed by atoms with Crippen LogP contribution < -0.4 is 4.74 Å². The summed E-state index contributed by atoms with van der Waals surface area (Å²) in [7, 11) is 1.91. The number of hydrogen-bond donors (Lipinski definition) is 2. The molecule has 0 fully saturated rings. The summed E-state index contributed by atoms with van der Waals surface area (Å²) in [6, 6.07) is 6.01. The Kier molecular flexibility index (Phi) is 5.93. The molecule has 3 aromatic rings. The number of aromatic nitrogens is 4. The summed E-state index contributed by atoms with van der Waals surface area (Å²) in [4.78, 5) is 0. The first-order valence-electron chi connectivity index (χ1n) is 10.6. The Bertz CT molecular complexity index is 1170. The summed E-state index contributed by atoms with van der Waals surface area (Å²) in [5.74, 6) is 1.92. The highest BCUT2D eigenvalue weighted by molar-refractivity contribution is 6.10. The number of H-pyrrole nitrogens is 1. The molecule has 0 aliphatic carbocycles. The summed E-state index contributed by atoms with van der Waals surface area (Å²) in [5.41, 5.74) is 5.38. The maximum absolute atomic E-state index is 7.93. The molecule has 1 unspecified atom stereocenters. The van der Waals surface area contributed by atoms with E-state index in [4.69, 9.17) is 14.9 Å². The first-order chi connectivity index (χ1) is 15.0. The summed E-state index contributed by atoms with van der Waals surface area (Å²) in [6.07, 6.45) is 7.32. The zero-order chi connectivity index (χ0) is 22.0. The lowest BCUT2D eigenvalue weighted by Gasteiger charge is -2.15. The lowest BCUT2D eigenvalue weighted by Crippen LogP contribution is -2.12. The molecular weight excluding hydrogens is 390 g/mol. The van der Waals surface area contributed by atoms with E-state index >= 15 is 0 Å². The minimum Gasteiger partial charge on any atom is -0.498 e. The second kappa shape index (κ2) is 8.79. The van der Waals surface area contributed by atoms with E-state index in [0.717, 1.165) is 63.5 Å². The Morgan fingerprint density at radius 3 is 2.87 bits per heavy atom. The maximum Gasteiger partial charge on any atom is 0.219 e. The second-order valence-corrected chi connectivity index (χ2v) is 8.15. The van der Waals surface area contributed by atoms with E-state index < -0.39 is 0 Å². The fraction of sp³-hybridized carbons (Fsp3) is 0.375. The van der Waals surface area contributed by atoms with Gasteiger partial charge in [0.05, 0.1) is 35.7 Å².